The van der Waals surface area contributed by atoms with Gasteiger partial charge in [0, 0.05) is 6.61 Å². The molecule has 0 spiro atoms. The highest BCUT2D eigenvalue weighted by atomic mass is 16.5. The molecule has 1 amide bonds. The molecule has 1 fully saturated rings. The van der Waals surface area contributed by atoms with Crippen molar-refractivity contribution in [3.63, 3.8) is 0 Å². The zero-order valence-corrected chi connectivity index (χ0v) is 14.2. The molecule has 1 aliphatic rings. The number of ether oxygens (including phenoxy) is 2. The summed E-state index contributed by atoms with van der Waals surface area (Å²) in [4.78, 5) is 24.4. The Morgan fingerprint density at radius 3 is 2.67 bits per heavy atom. The Morgan fingerprint density at radius 2 is 2.12 bits per heavy atom. The van der Waals surface area contributed by atoms with Crippen LogP contribution in [0, 0.1) is 0 Å². The van der Waals surface area contributed by atoms with Crippen LogP contribution in [-0.4, -0.2) is 42.4 Å². The number of hydrogen-bond donors (Lipinski definition) is 2. The fourth-order valence-electron chi connectivity index (χ4n) is 2.83. The van der Waals surface area contributed by atoms with Crippen LogP contribution in [0.15, 0.2) is 30.3 Å². The Balaban J connectivity index is 2.05. The molecule has 2 rings (SSSR count). The van der Waals surface area contributed by atoms with Crippen molar-refractivity contribution < 1.29 is 24.2 Å². The molecule has 3 unspecified atom stereocenters. The van der Waals surface area contributed by atoms with Gasteiger partial charge in [-0.1, -0.05) is 37.3 Å². The number of hydrogen-bond acceptors (Lipinski definition) is 4. The first-order chi connectivity index (χ1) is 11.5. The molecule has 0 radical (unpaired) electrons. The molecule has 6 heteroatoms. The van der Waals surface area contributed by atoms with E-state index in [9.17, 15) is 14.7 Å². The molecular weight excluding hydrogens is 310 g/mol. The molecule has 6 nitrogen and oxygen atoms in total. The van der Waals surface area contributed by atoms with Crippen LogP contribution in [0.3, 0.4) is 0 Å². The van der Waals surface area contributed by atoms with Crippen molar-refractivity contribution in [2.75, 3.05) is 13.2 Å². The van der Waals surface area contributed by atoms with Gasteiger partial charge in [0.2, 0.25) is 5.91 Å². The van der Waals surface area contributed by atoms with Crippen LogP contribution in [-0.2, 0) is 24.6 Å². The van der Waals surface area contributed by atoms with E-state index in [0.717, 1.165) is 19.4 Å². The largest absolute Gasteiger partial charge is 0.479 e. The lowest BCUT2D eigenvalue weighted by Crippen LogP contribution is -2.54. The molecule has 0 aliphatic carbocycles. The number of amides is 1. The van der Waals surface area contributed by atoms with Gasteiger partial charge in [0.25, 0.3) is 0 Å². The number of benzene rings is 1. The SMILES string of the molecule is CCC(NC(=O)C(C)OCC1CCCO1)(C(=O)O)c1ccccc1. The number of carboxylic acid groups (broad SMARTS) is 1. The van der Waals surface area contributed by atoms with Crippen molar-refractivity contribution in [1.82, 2.24) is 5.32 Å². The minimum absolute atomic E-state index is 0.0183. The molecule has 1 heterocycles. The second kappa shape index (κ2) is 8.26. The molecular formula is C18H25NO5. The first-order valence-electron chi connectivity index (χ1n) is 8.33. The standard InChI is InChI=1S/C18H25NO5/c1-3-18(17(21)22,14-8-5-4-6-9-14)19-16(20)13(2)24-12-15-10-7-11-23-15/h4-6,8-9,13,15H,3,7,10-12H2,1-2H3,(H,19,20)(H,21,22). The Morgan fingerprint density at radius 1 is 1.42 bits per heavy atom. The van der Waals surface area contributed by atoms with E-state index in [4.69, 9.17) is 9.47 Å². The van der Waals surface area contributed by atoms with E-state index in [0.29, 0.717) is 12.2 Å². The summed E-state index contributed by atoms with van der Waals surface area (Å²) in [5, 5.41) is 12.4. The molecule has 1 saturated heterocycles. The van der Waals surface area contributed by atoms with Crippen molar-refractivity contribution in [2.24, 2.45) is 0 Å². The summed E-state index contributed by atoms with van der Waals surface area (Å²) in [5.41, 5.74) is -0.917. The van der Waals surface area contributed by atoms with Crippen molar-refractivity contribution in [3.8, 4) is 0 Å². The van der Waals surface area contributed by atoms with E-state index < -0.39 is 23.5 Å². The van der Waals surface area contributed by atoms with Gasteiger partial charge in [-0.2, -0.15) is 0 Å². The van der Waals surface area contributed by atoms with E-state index in [1.54, 1.807) is 44.2 Å². The molecule has 1 aliphatic heterocycles. The van der Waals surface area contributed by atoms with Crippen molar-refractivity contribution in [2.45, 2.75) is 50.9 Å². The topological polar surface area (TPSA) is 84.9 Å². The fraction of sp³-hybridized carbons (Fsp3) is 0.556. The number of carboxylic acids is 1. The third-order valence-corrected chi connectivity index (χ3v) is 4.42. The second-order valence-corrected chi connectivity index (χ2v) is 6.03. The molecule has 3 atom stereocenters. The number of aliphatic carboxylic acids is 1. The quantitative estimate of drug-likeness (QED) is 0.760. The van der Waals surface area contributed by atoms with E-state index in [2.05, 4.69) is 5.32 Å². The van der Waals surface area contributed by atoms with Gasteiger partial charge in [0.05, 0.1) is 12.7 Å². The van der Waals surface area contributed by atoms with Crippen LogP contribution in [0.5, 0.6) is 0 Å². The summed E-state index contributed by atoms with van der Waals surface area (Å²) in [6.07, 6.45) is 1.43. The van der Waals surface area contributed by atoms with E-state index in [-0.39, 0.29) is 12.5 Å². The van der Waals surface area contributed by atoms with Gasteiger partial charge in [-0.25, -0.2) is 4.79 Å². The van der Waals surface area contributed by atoms with E-state index in [1.165, 1.54) is 0 Å². The van der Waals surface area contributed by atoms with Gasteiger partial charge in [-0.05, 0) is 31.7 Å². The number of nitrogens with one attached hydrogen (secondary N) is 1. The van der Waals surface area contributed by atoms with Crippen molar-refractivity contribution in [3.05, 3.63) is 35.9 Å². The van der Waals surface area contributed by atoms with Gasteiger partial charge in [-0.3, -0.25) is 4.79 Å². The summed E-state index contributed by atoms with van der Waals surface area (Å²) < 4.78 is 11.0. The lowest BCUT2D eigenvalue weighted by atomic mass is 9.87. The van der Waals surface area contributed by atoms with Gasteiger partial charge >= 0.3 is 5.97 Å². The Hall–Kier alpha value is -1.92. The molecule has 0 aromatic heterocycles. The maximum atomic E-state index is 12.5. The maximum absolute atomic E-state index is 12.5. The van der Waals surface area contributed by atoms with Crippen LogP contribution in [0.4, 0.5) is 0 Å². The summed E-state index contributed by atoms with van der Waals surface area (Å²) in [6, 6.07) is 8.73. The lowest BCUT2D eigenvalue weighted by Gasteiger charge is -2.31. The van der Waals surface area contributed by atoms with Crippen LogP contribution >= 0.6 is 0 Å². The highest BCUT2D eigenvalue weighted by molar-refractivity contribution is 5.89. The minimum atomic E-state index is -1.46. The normalized spacial score (nSPS) is 21.0. The zero-order chi connectivity index (χ0) is 17.6. The zero-order valence-electron chi connectivity index (χ0n) is 14.2. The summed E-state index contributed by atoms with van der Waals surface area (Å²) in [7, 11) is 0. The molecule has 24 heavy (non-hydrogen) atoms. The van der Waals surface area contributed by atoms with Crippen molar-refractivity contribution in [1.29, 1.82) is 0 Å². The molecule has 0 saturated carbocycles. The van der Waals surface area contributed by atoms with E-state index in [1.807, 2.05) is 0 Å². The molecule has 0 bridgehead atoms. The second-order valence-electron chi connectivity index (χ2n) is 6.03. The van der Waals surface area contributed by atoms with Crippen LogP contribution in [0.25, 0.3) is 0 Å². The number of rotatable bonds is 8. The van der Waals surface area contributed by atoms with Crippen LogP contribution in [0.2, 0.25) is 0 Å². The van der Waals surface area contributed by atoms with Gasteiger partial charge in [0.1, 0.15) is 6.10 Å². The number of carbonyl (C=O) groups is 2. The van der Waals surface area contributed by atoms with E-state index >= 15 is 0 Å². The smallest absolute Gasteiger partial charge is 0.334 e. The highest BCUT2D eigenvalue weighted by Gasteiger charge is 2.41. The predicted molar refractivity (Wildman–Crippen MR) is 88.6 cm³/mol. The fourth-order valence-corrected chi connectivity index (χ4v) is 2.83. The minimum Gasteiger partial charge on any atom is -0.479 e. The average molecular weight is 335 g/mol. The average Bonchev–Trinajstić information content (AvgIpc) is 3.11. The summed E-state index contributed by atoms with van der Waals surface area (Å²) in [5.74, 6) is -1.53. The first kappa shape index (κ1) is 18.4. The Labute approximate surface area is 142 Å². The highest BCUT2D eigenvalue weighted by Crippen LogP contribution is 2.26. The summed E-state index contributed by atoms with van der Waals surface area (Å²) >= 11 is 0. The van der Waals surface area contributed by atoms with Gasteiger partial charge in [-0.15, -0.1) is 0 Å². The molecule has 1 aromatic rings. The third-order valence-electron chi connectivity index (χ3n) is 4.42. The Kier molecular flexibility index (Phi) is 6.34. The van der Waals surface area contributed by atoms with Crippen molar-refractivity contribution >= 4 is 11.9 Å². The first-order valence-corrected chi connectivity index (χ1v) is 8.33. The van der Waals surface area contributed by atoms with Gasteiger partial charge in [0.15, 0.2) is 5.54 Å². The molecule has 1 aromatic carbocycles. The maximum Gasteiger partial charge on any atom is 0.334 e. The molecule has 132 valence electrons. The number of carbonyl (C=O) groups excluding carboxylic acids is 1. The van der Waals surface area contributed by atoms with Crippen LogP contribution in [0.1, 0.15) is 38.7 Å². The lowest BCUT2D eigenvalue weighted by molar-refractivity contribution is -0.151. The monoisotopic (exact) mass is 335 g/mol. The Bertz CT molecular complexity index is 556. The third kappa shape index (κ3) is 4.13. The molecule has 2 N–H and O–H groups in total. The van der Waals surface area contributed by atoms with Gasteiger partial charge < -0.3 is 19.9 Å². The predicted octanol–water partition coefficient (Wildman–Crippen LogP) is 2.08. The van der Waals surface area contributed by atoms with Crippen LogP contribution < -0.4 is 5.32 Å². The summed E-state index contributed by atoms with van der Waals surface area (Å²) in [6.45, 7) is 4.42.